The molecule has 0 unspecified atom stereocenters. The molecule has 3 rings (SSSR count). The number of sulfonamides is 1. The maximum atomic E-state index is 12.7. The molecule has 0 aliphatic rings. The molecule has 0 radical (unpaired) electrons. The quantitative estimate of drug-likeness (QED) is 0.706. The van der Waals surface area contributed by atoms with Gasteiger partial charge in [-0.3, -0.25) is 10.1 Å². The first kappa shape index (κ1) is 19.1. The Bertz CT molecular complexity index is 1090. The van der Waals surface area contributed by atoms with Crippen molar-refractivity contribution in [2.75, 3.05) is 19.4 Å². The minimum atomic E-state index is -3.61. The topological polar surface area (TPSA) is 84.3 Å². The lowest BCUT2D eigenvalue weighted by molar-refractivity contribution is 0.102. The van der Waals surface area contributed by atoms with E-state index < -0.39 is 15.9 Å². The smallest absolute Gasteiger partial charge is 0.258 e. The number of rotatable bonds is 6. The van der Waals surface area contributed by atoms with Crippen molar-refractivity contribution in [2.24, 2.45) is 0 Å². The number of hydrogen-bond donors (Lipinski definition) is 1. The molecule has 142 valence electrons. The third kappa shape index (κ3) is 3.72. The summed E-state index contributed by atoms with van der Waals surface area (Å²) in [5.74, 6) is 0.0439. The Morgan fingerprint density at radius 1 is 1.15 bits per heavy atom. The van der Waals surface area contributed by atoms with Gasteiger partial charge >= 0.3 is 0 Å². The molecule has 0 saturated heterocycles. The van der Waals surface area contributed by atoms with Crippen LogP contribution in [0.25, 0.3) is 11.0 Å². The van der Waals surface area contributed by atoms with Gasteiger partial charge in [-0.2, -0.15) is 0 Å². The number of nitrogens with zero attached hydrogens (tertiary/aromatic N) is 3. The molecule has 0 spiro atoms. The first-order chi connectivity index (χ1) is 12.8. The predicted molar refractivity (Wildman–Crippen MR) is 105 cm³/mol. The molecule has 1 aromatic heterocycles. The first-order valence-electron chi connectivity index (χ1n) is 8.64. The molecule has 27 heavy (non-hydrogen) atoms. The largest absolute Gasteiger partial charge is 0.310 e. The lowest BCUT2D eigenvalue weighted by Crippen LogP contribution is -2.23. The van der Waals surface area contributed by atoms with Gasteiger partial charge < -0.3 is 4.57 Å². The second kappa shape index (κ2) is 7.50. The van der Waals surface area contributed by atoms with E-state index in [1.54, 1.807) is 12.1 Å². The highest BCUT2D eigenvalue weighted by molar-refractivity contribution is 7.89. The zero-order valence-electron chi connectivity index (χ0n) is 15.5. The van der Waals surface area contributed by atoms with Crippen molar-refractivity contribution in [3.05, 3.63) is 54.1 Å². The summed E-state index contributed by atoms with van der Waals surface area (Å²) in [7, 11) is -0.703. The van der Waals surface area contributed by atoms with Crippen LogP contribution in [0.5, 0.6) is 0 Å². The molecule has 7 nitrogen and oxygen atoms in total. The van der Waals surface area contributed by atoms with Gasteiger partial charge in [0.25, 0.3) is 5.91 Å². The Morgan fingerprint density at radius 3 is 2.59 bits per heavy atom. The molecule has 0 fully saturated rings. The lowest BCUT2D eigenvalue weighted by atomic mass is 10.2. The van der Waals surface area contributed by atoms with Crippen molar-refractivity contribution in [1.29, 1.82) is 0 Å². The van der Waals surface area contributed by atoms with Gasteiger partial charge in [0, 0.05) is 26.2 Å². The van der Waals surface area contributed by atoms with E-state index >= 15 is 0 Å². The summed E-state index contributed by atoms with van der Waals surface area (Å²) in [5, 5.41) is 2.81. The van der Waals surface area contributed by atoms with E-state index in [4.69, 9.17) is 0 Å². The fraction of sp³-hybridized carbons (Fsp3) is 0.263. The summed E-state index contributed by atoms with van der Waals surface area (Å²) in [4.78, 5) is 17.3. The van der Waals surface area contributed by atoms with Gasteiger partial charge in [0.05, 0.1) is 15.9 Å². The lowest BCUT2D eigenvalue weighted by Gasteiger charge is -2.12. The molecular weight excluding hydrogens is 364 g/mol. The van der Waals surface area contributed by atoms with E-state index in [9.17, 15) is 13.2 Å². The number of amides is 1. The number of fused-ring (bicyclic) bond motifs is 1. The van der Waals surface area contributed by atoms with Crippen molar-refractivity contribution in [3.63, 3.8) is 0 Å². The SMILES string of the molecule is CCCn1c(NC(=O)c2cccc(S(=O)(=O)N(C)C)c2)nc2ccccc21. The van der Waals surface area contributed by atoms with Crippen LogP contribution in [0.3, 0.4) is 0 Å². The van der Waals surface area contributed by atoms with Gasteiger partial charge in [-0.15, -0.1) is 0 Å². The summed E-state index contributed by atoms with van der Waals surface area (Å²) in [5.41, 5.74) is 2.00. The van der Waals surface area contributed by atoms with Crippen molar-refractivity contribution < 1.29 is 13.2 Å². The van der Waals surface area contributed by atoms with E-state index in [0.29, 0.717) is 12.5 Å². The Balaban J connectivity index is 1.95. The van der Waals surface area contributed by atoms with Crippen molar-refractivity contribution in [3.8, 4) is 0 Å². The number of carbonyl (C=O) groups is 1. The van der Waals surface area contributed by atoms with Crippen LogP contribution in [0.2, 0.25) is 0 Å². The molecular formula is C19H22N4O3S. The van der Waals surface area contributed by atoms with Gasteiger partial charge in [-0.1, -0.05) is 25.1 Å². The second-order valence-corrected chi connectivity index (χ2v) is 8.50. The minimum absolute atomic E-state index is 0.0715. The van der Waals surface area contributed by atoms with Gasteiger partial charge in [-0.05, 0) is 36.8 Å². The Morgan fingerprint density at radius 2 is 1.89 bits per heavy atom. The number of nitrogens with one attached hydrogen (secondary N) is 1. The monoisotopic (exact) mass is 386 g/mol. The standard InChI is InChI=1S/C19H22N4O3S/c1-4-12-23-17-11-6-5-10-16(17)20-19(23)21-18(24)14-8-7-9-15(13-14)27(25,26)22(2)3/h5-11,13H,4,12H2,1-3H3,(H,20,21,24). The van der Waals surface area contributed by atoms with E-state index in [1.165, 1.54) is 26.2 Å². The van der Waals surface area contributed by atoms with Crippen LogP contribution in [-0.2, 0) is 16.6 Å². The van der Waals surface area contributed by atoms with Crippen molar-refractivity contribution >= 4 is 32.9 Å². The summed E-state index contributed by atoms with van der Waals surface area (Å²) >= 11 is 0. The number of anilines is 1. The van der Waals surface area contributed by atoms with Crippen LogP contribution in [0.15, 0.2) is 53.4 Å². The number of para-hydroxylation sites is 2. The summed E-state index contributed by atoms with van der Waals surface area (Å²) in [6.45, 7) is 2.77. The van der Waals surface area contributed by atoms with Gasteiger partial charge in [0.15, 0.2) is 0 Å². The number of aromatic nitrogens is 2. The number of benzene rings is 2. The van der Waals surface area contributed by atoms with Gasteiger partial charge in [-0.25, -0.2) is 17.7 Å². The van der Waals surface area contributed by atoms with Crippen LogP contribution >= 0.6 is 0 Å². The van der Waals surface area contributed by atoms with E-state index in [0.717, 1.165) is 21.8 Å². The highest BCUT2D eigenvalue weighted by atomic mass is 32.2. The molecule has 0 bridgehead atoms. The molecule has 8 heteroatoms. The molecule has 0 atom stereocenters. The third-order valence-corrected chi connectivity index (χ3v) is 6.01. The van der Waals surface area contributed by atoms with Crippen LogP contribution in [-0.4, -0.2) is 42.3 Å². The Hall–Kier alpha value is -2.71. The number of aryl methyl sites for hydroxylation is 1. The van der Waals surface area contributed by atoms with E-state index in [-0.39, 0.29) is 10.5 Å². The highest BCUT2D eigenvalue weighted by Gasteiger charge is 2.20. The van der Waals surface area contributed by atoms with Crippen LogP contribution in [0, 0.1) is 0 Å². The molecule has 2 aromatic carbocycles. The van der Waals surface area contributed by atoms with Crippen LogP contribution in [0.4, 0.5) is 5.95 Å². The highest BCUT2D eigenvalue weighted by Crippen LogP contribution is 2.21. The normalized spacial score (nSPS) is 11.9. The Labute approximate surface area is 158 Å². The summed E-state index contributed by atoms with van der Waals surface area (Å²) in [6.07, 6.45) is 0.889. The zero-order chi connectivity index (χ0) is 19.6. The Kier molecular flexibility index (Phi) is 5.29. The van der Waals surface area contributed by atoms with Crippen molar-refractivity contribution in [2.45, 2.75) is 24.8 Å². The summed E-state index contributed by atoms with van der Waals surface area (Å²) < 4.78 is 27.7. The van der Waals surface area contributed by atoms with Crippen molar-refractivity contribution in [1.82, 2.24) is 13.9 Å². The van der Waals surface area contributed by atoms with Crippen LogP contribution < -0.4 is 5.32 Å². The van der Waals surface area contributed by atoms with E-state index in [1.807, 2.05) is 28.8 Å². The number of imidazole rings is 1. The minimum Gasteiger partial charge on any atom is -0.310 e. The zero-order valence-corrected chi connectivity index (χ0v) is 16.3. The number of hydrogen-bond acceptors (Lipinski definition) is 4. The molecule has 1 N–H and O–H groups in total. The maximum Gasteiger partial charge on any atom is 0.258 e. The predicted octanol–water partition coefficient (Wildman–Crippen LogP) is 2.95. The fourth-order valence-electron chi connectivity index (χ4n) is 2.80. The first-order valence-corrected chi connectivity index (χ1v) is 10.1. The van der Waals surface area contributed by atoms with Crippen LogP contribution in [0.1, 0.15) is 23.7 Å². The average molecular weight is 386 g/mol. The fourth-order valence-corrected chi connectivity index (χ4v) is 3.75. The van der Waals surface area contributed by atoms with Gasteiger partial charge in [0.2, 0.25) is 16.0 Å². The third-order valence-electron chi connectivity index (χ3n) is 4.20. The molecule has 0 aliphatic carbocycles. The second-order valence-electron chi connectivity index (χ2n) is 6.35. The average Bonchev–Trinajstić information content (AvgIpc) is 2.99. The molecule has 1 amide bonds. The molecule has 0 saturated carbocycles. The molecule has 1 heterocycles. The number of carbonyl (C=O) groups excluding carboxylic acids is 1. The molecule has 3 aromatic rings. The maximum absolute atomic E-state index is 12.7. The van der Waals surface area contributed by atoms with E-state index in [2.05, 4.69) is 17.2 Å². The summed E-state index contributed by atoms with van der Waals surface area (Å²) in [6, 6.07) is 13.6. The van der Waals surface area contributed by atoms with Gasteiger partial charge in [0.1, 0.15) is 0 Å². The molecule has 0 aliphatic heterocycles.